The maximum absolute atomic E-state index is 13.0. The van der Waals surface area contributed by atoms with E-state index in [0.29, 0.717) is 18.7 Å². The van der Waals surface area contributed by atoms with Gasteiger partial charge in [-0.25, -0.2) is 0 Å². The Morgan fingerprint density at radius 2 is 1.77 bits per heavy atom. The fourth-order valence-electron chi connectivity index (χ4n) is 3.89. The van der Waals surface area contributed by atoms with Gasteiger partial charge in [0.2, 0.25) is 0 Å². The van der Waals surface area contributed by atoms with Gasteiger partial charge in [0, 0.05) is 23.5 Å². The highest BCUT2D eigenvalue weighted by molar-refractivity contribution is 7.10. The first-order valence-corrected chi connectivity index (χ1v) is 11.4. The Morgan fingerprint density at radius 1 is 1.10 bits per heavy atom. The topological polar surface area (TPSA) is 60.9 Å². The van der Waals surface area contributed by atoms with Crippen LogP contribution < -0.4 is 0 Å². The number of hydrogen-bond acceptors (Lipinski definition) is 5. The lowest BCUT2D eigenvalue weighted by atomic mass is 9.97. The molecule has 0 spiro atoms. The van der Waals surface area contributed by atoms with Crippen molar-refractivity contribution < 1.29 is 14.7 Å². The molecular weight excluding hydrogens is 396 g/mol. The molecular formula is C24H30N2O3S. The number of aliphatic hydroxyl groups is 1. The highest BCUT2D eigenvalue weighted by Gasteiger charge is 2.46. The summed E-state index contributed by atoms with van der Waals surface area (Å²) < 4.78 is 0. The third-order valence-corrected chi connectivity index (χ3v) is 6.95. The lowest BCUT2D eigenvalue weighted by Gasteiger charge is -2.27. The van der Waals surface area contributed by atoms with E-state index in [1.165, 1.54) is 11.3 Å². The second-order valence-electron chi connectivity index (χ2n) is 7.54. The molecule has 1 aromatic carbocycles. The van der Waals surface area contributed by atoms with E-state index in [2.05, 4.69) is 25.7 Å². The van der Waals surface area contributed by atoms with Crippen LogP contribution in [-0.4, -0.2) is 52.8 Å². The molecule has 1 N–H and O–H groups in total. The number of rotatable bonds is 8. The van der Waals surface area contributed by atoms with E-state index in [9.17, 15) is 14.7 Å². The summed E-state index contributed by atoms with van der Waals surface area (Å²) in [6.07, 6.45) is 0.894. The summed E-state index contributed by atoms with van der Waals surface area (Å²) in [5, 5.41) is 13.1. The number of thiophene rings is 1. The predicted molar refractivity (Wildman–Crippen MR) is 122 cm³/mol. The van der Waals surface area contributed by atoms with Gasteiger partial charge in [0.25, 0.3) is 11.7 Å². The van der Waals surface area contributed by atoms with E-state index in [1.807, 2.05) is 42.6 Å². The third kappa shape index (κ3) is 4.20. The highest BCUT2D eigenvalue weighted by atomic mass is 32.1. The van der Waals surface area contributed by atoms with E-state index < -0.39 is 17.7 Å². The molecule has 3 rings (SSSR count). The zero-order valence-corrected chi connectivity index (χ0v) is 19.0. The monoisotopic (exact) mass is 426 g/mol. The van der Waals surface area contributed by atoms with Gasteiger partial charge in [-0.05, 0) is 49.0 Å². The van der Waals surface area contributed by atoms with Gasteiger partial charge < -0.3 is 14.9 Å². The minimum Gasteiger partial charge on any atom is -0.507 e. The molecule has 30 heavy (non-hydrogen) atoms. The van der Waals surface area contributed by atoms with Gasteiger partial charge in [-0.1, -0.05) is 45.0 Å². The Balaban J connectivity index is 2.06. The van der Waals surface area contributed by atoms with Gasteiger partial charge in [-0.2, -0.15) is 0 Å². The van der Waals surface area contributed by atoms with E-state index in [0.717, 1.165) is 35.5 Å². The summed E-state index contributed by atoms with van der Waals surface area (Å²) in [4.78, 5) is 30.8. The Morgan fingerprint density at radius 3 is 2.30 bits per heavy atom. The standard InChI is InChI=1S/C24H30N2O3S/c1-5-17-8-10-18(11-9-17)21(27)19-20(23-16(4)12-15-30-23)26(24(29)22(19)28)14-13-25(6-2)7-3/h8-12,15,20,27H,5-7,13-14H2,1-4H3/b21-19-. The Hall–Kier alpha value is -2.44. The van der Waals surface area contributed by atoms with Crippen LogP contribution >= 0.6 is 11.3 Å². The fourth-order valence-corrected chi connectivity index (χ4v) is 4.94. The van der Waals surface area contributed by atoms with Crippen molar-refractivity contribution in [2.75, 3.05) is 26.2 Å². The fraction of sp³-hybridized carbons (Fsp3) is 0.417. The number of aryl methyl sites for hydroxylation is 2. The zero-order chi connectivity index (χ0) is 21.8. The van der Waals surface area contributed by atoms with Crippen molar-refractivity contribution in [2.24, 2.45) is 0 Å². The lowest BCUT2D eigenvalue weighted by Crippen LogP contribution is -2.37. The SMILES string of the molecule is CCc1ccc(/C(O)=C2/C(=O)C(=O)N(CCN(CC)CC)C2c2sccc2C)cc1. The van der Waals surface area contributed by atoms with Crippen LogP contribution in [0.25, 0.3) is 5.76 Å². The number of likely N-dealkylation sites (N-methyl/N-ethyl adjacent to an activating group) is 1. The summed E-state index contributed by atoms with van der Waals surface area (Å²) >= 11 is 1.52. The highest BCUT2D eigenvalue weighted by Crippen LogP contribution is 2.42. The Kier molecular flexibility index (Phi) is 7.10. The molecule has 1 aliphatic heterocycles. The van der Waals surface area contributed by atoms with E-state index in [-0.39, 0.29) is 11.3 Å². The first kappa shape index (κ1) is 22.2. The van der Waals surface area contributed by atoms with Gasteiger partial charge >= 0.3 is 0 Å². The second kappa shape index (κ2) is 9.58. The summed E-state index contributed by atoms with van der Waals surface area (Å²) in [6, 6.07) is 8.95. The van der Waals surface area contributed by atoms with Crippen molar-refractivity contribution in [1.82, 2.24) is 9.80 Å². The first-order chi connectivity index (χ1) is 14.4. The largest absolute Gasteiger partial charge is 0.507 e. The number of aliphatic hydroxyl groups excluding tert-OH is 1. The van der Waals surface area contributed by atoms with Crippen molar-refractivity contribution in [3.8, 4) is 0 Å². The Labute approximate surface area is 182 Å². The number of nitrogens with zero attached hydrogens (tertiary/aromatic N) is 2. The van der Waals surface area contributed by atoms with E-state index in [1.54, 1.807) is 4.90 Å². The average Bonchev–Trinajstić information content (AvgIpc) is 3.29. The van der Waals surface area contributed by atoms with Crippen LogP contribution in [0.3, 0.4) is 0 Å². The third-order valence-electron chi connectivity index (χ3n) is 5.88. The first-order valence-electron chi connectivity index (χ1n) is 10.6. The molecule has 1 saturated heterocycles. The number of Topliss-reactive ketones (excluding diaryl/α,β-unsaturated/α-hetero) is 1. The lowest BCUT2D eigenvalue weighted by molar-refractivity contribution is -0.140. The van der Waals surface area contributed by atoms with Crippen molar-refractivity contribution >= 4 is 28.8 Å². The number of benzene rings is 1. The predicted octanol–water partition coefficient (Wildman–Crippen LogP) is 4.38. The van der Waals surface area contributed by atoms with Crippen molar-refractivity contribution in [2.45, 2.75) is 40.2 Å². The number of ketones is 1. The molecule has 5 nitrogen and oxygen atoms in total. The van der Waals surface area contributed by atoms with Gasteiger partial charge in [0.1, 0.15) is 5.76 Å². The molecule has 0 radical (unpaired) electrons. The molecule has 1 atom stereocenters. The quantitative estimate of drug-likeness (QED) is 0.387. The molecule has 1 aliphatic rings. The summed E-state index contributed by atoms with van der Waals surface area (Å²) in [6.45, 7) is 11.1. The van der Waals surface area contributed by atoms with Crippen LogP contribution in [0.4, 0.5) is 0 Å². The van der Waals surface area contributed by atoms with Gasteiger partial charge in [0.05, 0.1) is 11.6 Å². The van der Waals surface area contributed by atoms with Gasteiger partial charge in [-0.15, -0.1) is 11.3 Å². The van der Waals surface area contributed by atoms with Crippen molar-refractivity contribution in [1.29, 1.82) is 0 Å². The van der Waals surface area contributed by atoms with Crippen LogP contribution in [0.2, 0.25) is 0 Å². The summed E-state index contributed by atoms with van der Waals surface area (Å²) in [5.41, 5.74) is 2.92. The molecule has 0 aliphatic carbocycles. The van der Waals surface area contributed by atoms with E-state index in [4.69, 9.17) is 0 Å². The molecule has 0 bridgehead atoms. The van der Waals surface area contributed by atoms with Gasteiger partial charge in [0.15, 0.2) is 0 Å². The maximum Gasteiger partial charge on any atom is 0.295 e. The van der Waals surface area contributed by atoms with Crippen LogP contribution in [0, 0.1) is 6.92 Å². The normalized spacial score (nSPS) is 18.6. The number of amides is 1. The number of hydrogen-bond donors (Lipinski definition) is 1. The van der Waals surface area contributed by atoms with Crippen molar-refractivity contribution in [3.05, 3.63) is 62.9 Å². The minimum absolute atomic E-state index is 0.0980. The Bertz CT molecular complexity index is 942. The number of likely N-dealkylation sites (tertiary alicyclic amines) is 1. The molecule has 6 heteroatoms. The second-order valence-corrected chi connectivity index (χ2v) is 8.49. The van der Waals surface area contributed by atoms with Gasteiger partial charge in [-0.3, -0.25) is 9.59 Å². The smallest absolute Gasteiger partial charge is 0.295 e. The van der Waals surface area contributed by atoms with Crippen LogP contribution in [0.5, 0.6) is 0 Å². The molecule has 1 fully saturated rings. The molecule has 0 saturated carbocycles. The van der Waals surface area contributed by atoms with Crippen LogP contribution in [0.1, 0.15) is 48.4 Å². The molecule has 2 heterocycles. The molecule has 1 unspecified atom stereocenters. The maximum atomic E-state index is 13.0. The average molecular weight is 427 g/mol. The molecule has 160 valence electrons. The van der Waals surface area contributed by atoms with Crippen molar-refractivity contribution in [3.63, 3.8) is 0 Å². The molecule has 1 aromatic heterocycles. The van der Waals surface area contributed by atoms with E-state index >= 15 is 0 Å². The molecule has 1 amide bonds. The molecule has 2 aromatic rings. The summed E-state index contributed by atoms with van der Waals surface area (Å²) in [7, 11) is 0. The van der Waals surface area contributed by atoms with Crippen LogP contribution in [0.15, 0.2) is 41.3 Å². The number of carbonyl (C=O) groups excluding carboxylic acids is 2. The number of carbonyl (C=O) groups is 2. The van der Waals surface area contributed by atoms with Crippen LogP contribution in [-0.2, 0) is 16.0 Å². The summed E-state index contributed by atoms with van der Waals surface area (Å²) in [5.74, 6) is -1.24. The zero-order valence-electron chi connectivity index (χ0n) is 18.1. The minimum atomic E-state index is -0.607.